The second-order valence-corrected chi connectivity index (χ2v) is 8.66. The van der Waals surface area contributed by atoms with E-state index in [1.165, 1.54) is 11.0 Å². The first-order valence-electron chi connectivity index (χ1n) is 10.7. The first kappa shape index (κ1) is 21.9. The third kappa shape index (κ3) is 3.74. The number of hydrogen-bond donors (Lipinski definition) is 0. The van der Waals surface area contributed by atoms with E-state index in [1.54, 1.807) is 54.6 Å². The number of anilines is 2. The fourth-order valence-electron chi connectivity index (χ4n) is 4.17. The maximum absolute atomic E-state index is 12.8. The quantitative estimate of drug-likeness (QED) is 0.318. The maximum atomic E-state index is 12.8. The van der Waals surface area contributed by atoms with Gasteiger partial charge in [0.15, 0.2) is 0 Å². The third-order valence-corrected chi connectivity index (χ3v) is 6.42. The molecule has 1 fully saturated rings. The molecule has 0 spiro atoms. The lowest BCUT2D eigenvalue weighted by atomic mass is 10.1. The molecule has 0 unspecified atom stereocenters. The van der Waals surface area contributed by atoms with E-state index >= 15 is 0 Å². The van der Waals surface area contributed by atoms with Crippen LogP contribution in [0.2, 0.25) is 5.02 Å². The molecule has 2 aliphatic heterocycles. The SMILES string of the molecule is Cc1ccc(N2C[C@@H](C(=O)Oc3cccc(N4C(=O)c5ccccc5C4=O)c3)CC2=O)cc1Cl. The molecule has 2 aliphatic rings. The van der Waals surface area contributed by atoms with Crippen molar-refractivity contribution in [3.8, 4) is 5.75 Å². The van der Waals surface area contributed by atoms with Crippen molar-refractivity contribution in [1.29, 1.82) is 0 Å². The van der Waals surface area contributed by atoms with Crippen LogP contribution >= 0.6 is 11.6 Å². The fraction of sp³-hybridized carbons (Fsp3) is 0.154. The van der Waals surface area contributed by atoms with Crippen molar-refractivity contribution >= 4 is 46.7 Å². The lowest BCUT2D eigenvalue weighted by Gasteiger charge is -2.18. The van der Waals surface area contributed by atoms with Gasteiger partial charge in [-0.15, -0.1) is 0 Å². The Morgan fingerprint density at radius 2 is 1.62 bits per heavy atom. The summed E-state index contributed by atoms with van der Waals surface area (Å²) < 4.78 is 5.53. The molecule has 5 rings (SSSR count). The van der Waals surface area contributed by atoms with E-state index < -0.39 is 23.7 Å². The van der Waals surface area contributed by atoms with Crippen LogP contribution < -0.4 is 14.5 Å². The zero-order chi connectivity index (χ0) is 24.0. The highest BCUT2D eigenvalue weighted by Crippen LogP contribution is 2.32. The number of fused-ring (bicyclic) bond motifs is 1. The van der Waals surface area contributed by atoms with Crippen molar-refractivity contribution in [3.63, 3.8) is 0 Å². The van der Waals surface area contributed by atoms with Gasteiger partial charge in [0.25, 0.3) is 11.8 Å². The van der Waals surface area contributed by atoms with Gasteiger partial charge in [-0.05, 0) is 48.9 Å². The van der Waals surface area contributed by atoms with Crippen molar-refractivity contribution in [2.75, 3.05) is 16.3 Å². The van der Waals surface area contributed by atoms with Crippen LogP contribution in [0.15, 0.2) is 66.7 Å². The van der Waals surface area contributed by atoms with E-state index in [4.69, 9.17) is 16.3 Å². The molecular weight excluding hydrogens is 456 g/mol. The highest BCUT2D eigenvalue weighted by Gasteiger charge is 2.38. The molecule has 3 aromatic rings. The number of aryl methyl sites for hydroxylation is 1. The van der Waals surface area contributed by atoms with Gasteiger partial charge in [-0.25, -0.2) is 4.90 Å². The number of hydrogen-bond acceptors (Lipinski definition) is 5. The van der Waals surface area contributed by atoms with Crippen molar-refractivity contribution in [3.05, 3.63) is 88.4 Å². The van der Waals surface area contributed by atoms with E-state index in [0.29, 0.717) is 27.5 Å². The third-order valence-electron chi connectivity index (χ3n) is 6.01. The number of nitrogens with zero attached hydrogens (tertiary/aromatic N) is 2. The molecule has 0 saturated carbocycles. The Balaban J connectivity index is 1.31. The van der Waals surface area contributed by atoms with Gasteiger partial charge >= 0.3 is 5.97 Å². The minimum Gasteiger partial charge on any atom is -0.426 e. The lowest BCUT2D eigenvalue weighted by Crippen LogP contribution is -2.29. The fourth-order valence-corrected chi connectivity index (χ4v) is 4.35. The number of ether oxygens (including phenoxy) is 1. The Hall–Kier alpha value is -3.97. The van der Waals surface area contributed by atoms with Gasteiger partial charge in [-0.3, -0.25) is 19.2 Å². The topological polar surface area (TPSA) is 84.0 Å². The number of amides is 3. The normalized spacial score (nSPS) is 17.4. The summed E-state index contributed by atoms with van der Waals surface area (Å²) in [6.07, 6.45) is 0.0163. The van der Waals surface area contributed by atoms with Gasteiger partial charge in [0.2, 0.25) is 5.91 Å². The molecule has 8 heteroatoms. The predicted molar refractivity (Wildman–Crippen MR) is 126 cm³/mol. The maximum Gasteiger partial charge on any atom is 0.316 e. The smallest absolute Gasteiger partial charge is 0.316 e. The average molecular weight is 475 g/mol. The van der Waals surface area contributed by atoms with Gasteiger partial charge in [0.05, 0.1) is 22.7 Å². The second-order valence-electron chi connectivity index (χ2n) is 8.25. The van der Waals surface area contributed by atoms with Crippen LogP contribution in [0.4, 0.5) is 11.4 Å². The Morgan fingerprint density at radius 1 is 0.912 bits per heavy atom. The zero-order valence-electron chi connectivity index (χ0n) is 18.2. The van der Waals surface area contributed by atoms with Crippen LogP contribution in [0.25, 0.3) is 0 Å². The number of benzene rings is 3. The highest BCUT2D eigenvalue weighted by atomic mass is 35.5. The summed E-state index contributed by atoms with van der Waals surface area (Å²) in [6.45, 7) is 2.04. The lowest BCUT2D eigenvalue weighted by molar-refractivity contribution is -0.139. The summed E-state index contributed by atoms with van der Waals surface area (Å²) >= 11 is 6.18. The molecule has 3 aromatic carbocycles. The minimum atomic E-state index is -0.657. The van der Waals surface area contributed by atoms with Crippen molar-refractivity contribution < 1.29 is 23.9 Å². The van der Waals surface area contributed by atoms with Gasteiger partial charge in [0.1, 0.15) is 5.75 Å². The van der Waals surface area contributed by atoms with Crippen LogP contribution in [0.3, 0.4) is 0 Å². The van der Waals surface area contributed by atoms with E-state index in [1.807, 2.05) is 13.0 Å². The van der Waals surface area contributed by atoms with Gasteiger partial charge in [-0.1, -0.05) is 35.9 Å². The molecule has 3 amide bonds. The molecule has 1 saturated heterocycles. The number of halogens is 1. The number of imide groups is 1. The molecule has 1 atom stereocenters. The standard InChI is InChI=1S/C26H19ClN2O5/c1-15-9-10-17(13-22(15)27)28-14-16(11-23(28)30)26(33)34-19-6-4-5-18(12-19)29-24(31)20-7-2-3-8-21(20)25(29)32/h2-10,12-13,16H,11,14H2,1H3/t16-/m0/s1. The van der Waals surface area contributed by atoms with Crippen LogP contribution in [-0.4, -0.2) is 30.2 Å². The summed E-state index contributed by atoms with van der Waals surface area (Å²) in [5.74, 6) is -2.09. The Labute approximate surface area is 200 Å². The van der Waals surface area contributed by atoms with Crippen molar-refractivity contribution in [2.24, 2.45) is 5.92 Å². The number of carbonyl (C=O) groups is 4. The van der Waals surface area contributed by atoms with Crippen LogP contribution in [0.1, 0.15) is 32.7 Å². The molecule has 0 aliphatic carbocycles. The Bertz CT molecular complexity index is 1330. The summed E-state index contributed by atoms with van der Waals surface area (Å²) in [4.78, 5) is 53.4. The van der Waals surface area contributed by atoms with Crippen LogP contribution in [0.5, 0.6) is 5.75 Å². The monoisotopic (exact) mass is 474 g/mol. The first-order chi connectivity index (χ1) is 16.3. The summed E-state index contributed by atoms with van der Waals surface area (Å²) in [7, 11) is 0. The van der Waals surface area contributed by atoms with E-state index in [9.17, 15) is 19.2 Å². The number of carbonyl (C=O) groups excluding carboxylic acids is 4. The largest absolute Gasteiger partial charge is 0.426 e. The molecule has 170 valence electrons. The molecule has 0 bridgehead atoms. The van der Waals surface area contributed by atoms with Gasteiger partial charge < -0.3 is 9.64 Å². The zero-order valence-corrected chi connectivity index (χ0v) is 18.9. The average Bonchev–Trinajstić information content (AvgIpc) is 3.34. The van der Waals surface area contributed by atoms with Crippen molar-refractivity contribution in [2.45, 2.75) is 13.3 Å². The van der Waals surface area contributed by atoms with E-state index in [0.717, 1.165) is 10.5 Å². The molecule has 2 heterocycles. The molecular formula is C26H19ClN2O5. The molecule has 34 heavy (non-hydrogen) atoms. The highest BCUT2D eigenvalue weighted by molar-refractivity contribution is 6.34. The molecule has 0 aromatic heterocycles. The molecule has 0 radical (unpaired) electrons. The Kier molecular flexibility index (Phi) is 5.42. The van der Waals surface area contributed by atoms with E-state index in [2.05, 4.69) is 0 Å². The van der Waals surface area contributed by atoms with Gasteiger partial charge in [0, 0.05) is 29.7 Å². The summed E-state index contributed by atoms with van der Waals surface area (Å²) in [5.41, 5.74) is 2.48. The number of esters is 1. The molecule has 7 nitrogen and oxygen atoms in total. The second kappa shape index (κ2) is 8.43. The van der Waals surface area contributed by atoms with E-state index in [-0.39, 0.29) is 24.6 Å². The first-order valence-corrected chi connectivity index (χ1v) is 11.1. The number of rotatable bonds is 4. The van der Waals surface area contributed by atoms with Crippen LogP contribution in [0, 0.1) is 12.8 Å². The van der Waals surface area contributed by atoms with Gasteiger partial charge in [-0.2, -0.15) is 0 Å². The predicted octanol–water partition coefficient (Wildman–Crippen LogP) is 4.41. The summed E-state index contributed by atoms with van der Waals surface area (Å²) in [5, 5.41) is 0.543. The van der Waals surface area contributed by atoms with Crippen LogP contribution in [-0.2, 0) is 9.59 Å². The van der Waals surface area contributed by atoms with Crippen molar-refractivity contribution in [1.82, 2.24) is 0 Å². The molecule has 0 N–H and O–H groups in total. The summed E-state index contributed by atoms with van der Waals surface area (Å²) in [6, 6.07) is 18.1. The Morgan fingerprint density at radius 3 is 2.29 bits per heavy atom. The minimum absolute atomic E-state index is 0.0163.